The van der Waals surface area contributed by atoms with Gasteiger partial charge in [-0.05, 0) is 31.4 Å². The van der Waals surface area contributed by atoms with Gasteiger partial charge in [0.25, 0.3) is 0 Å². The summed E-state index contributed by atoms with van der Waals surface area (Å²) in [5.74, 6) is 1.29. The van der Waals surface area contributed by atoms with Crippen LogP contribution in [0.4, 0.5) is 0 Å². The third-order valence-corrected chi connectivity index (χ3v) is 2.56. The molecule has 1 aromatic rings. The van der Waals surface area contributed by atoms with E-state index in [1.54, 1.807) is 6.92 Å². The Bertz CT molecular complexity index is 359. The summed E-state index contributed by atoms with van der Waals surface area (Å²) >= 11 is 0. The second-order valence-electron chi connectivity index (χ2n) is 5.03. The first kappa shape index (κ1) is 15.0. The van der Waals surface area contributed by atoms with E-state index in [9.17, 15) is 5.11 Å². The van der Waals surface area contributed by atoms with Crippen LogP contribution in [0.25, 0.3) is 0 Å². The van der Waals surface area contributed by atoms with E-state index in [0.29, 0.717) is 19.1 Å². The number of hydrogen-bond acceptors (Lipinski definition) is 3. The Balaban J connectivity index is 2.48. The second kappa shape index (κ2) is 7.39. The lowest BCUT2D eigenvalue weighted by molar-refractivity contribution is 0.0805. The minimum Gasteiger partial charge on any atom is -0.491 e. The predicted octanol–water partition coefficient (Wildman–Crippen LogP) is 3.10. The van der Waals surface area contributed by atoms with Gasteiger partial charge in [0, 0.05) is 12.2 Å². The van der Waals surface area contributed by atoms with Crippen molar-refractivity contribution in [2.75, 3.05) is 19.8 Å². The van der Waals surface area contributed by atoms with E-state index in [4.69, 9.17) is 9.47 Å². The van der Waals surface area contributed by atoms with Crippen molar-refractivity contribution in [1.82, 2.24) is 0 Å². The van der Waals surface area contributed by atoms with Gasteiger partial charge in [-0.25, -0.2) is 0 Å². The van der Waals surface area contributed by atoms with Crippen molar-refractivity contribution in [3.8, 4) is 5.75 Å². The molecule has 3 nitrogen and oxygen atoms in total. The zero-order valence-electron chi connectivity index (χ0n) is 11.8. The average molecular weight is 252 g/mol. The van der Waals surface area contributed by atoms with E-state index >= 15 is 0 Å². The molecule has 1 rings (SSSR count). The molecule has 0 spiro atoms. The standard InChI is InChI=1S/C15H24O3/c1-11(2)10-17-7-8-18-15-9-12(3)5-6-14(15)13(4)16/h5-6,9,11,13,16H,7-8,10H2,1-4H3. The van der Waals surface area contributed by atoms with Crippen LogP contribution in [0.5, 0.6) is 5.75 Å². The molecule has 0 aliphatic carbocycles. The molecule has 0 bridgehead atoms. The number of aryl methyl sites for hydroxylation is 1. The summed E-state index contributed by atoms with van der Waals surface area (Å²) in [7, 11) is 0. The molecular weight excluding hydrogens is 228 g/mol. The molecule has 0 aliphatic heterocycles. The number of hydrogen-bond donors (Lipinski definition) is 1. The molecule has 1 atom stereocenters. The molecule has 0 amide bonds. The lowest BCUT2D eigenvalue weighted by Crippen LogP contribution is -2.11. The summed E-state index contributed by atoms with van der Waals surface area (Å²) in [6.45, 7) is 9.82. The van der Waals surface area contributed by atoms with Crippen LogP contribution in [0.2, 0.25) is 0 Å². The summed E-state index contributed by atoms with van der Waals surface area (Å²) in [6, 6.07) is 5.83. The number of rotatable bonds is 7. The molecule has 0 saturated heterocycles. The first-order valence-electron chi connectivity index (χ1n) is 6.50. The molecule has 0 aromatic heterocycles. The highest BCUT2D eigenvalue weighted by Gasteiger charge is 2.09. The second-order valence-corrected chi connectivity index (χ2v) is 5.03. The van der Waals surface area contributed by atoms with Crippen LogP contribution in [0.3, 0.4) is 0 Å². The Morgan fingerprint density at radius 3 is 2.50 bits per heavy atom. The first-order valence-corrected chi connectivity index (χ1v) is 6.50. The highest BCUT2D eigenvalue weighted by atomic mass is 16.5. The Hall–Kier alpha value is -1.06. The van der Waals surface area contributed by atoms with Crippen LogP contribution in [-0.4, -0.2) is 24.9 Å². The fraction of sp³-hybridized carbons (Fsp3) is 0.600. The summed E-state index contributed by atoms with van der Waals surface area (Å²) in [5.41, 5.74) is 1.95. The normalized spacial score (nSPS) is 12.8. The van der Waals surface area contributed by atoms with Gasteiger partial charge in [-0.3, -0.25) is 0 Å². The van der Waals surface area contributed by atoms with E-state index in [1.807, 2.05) is 25.1 Å². The van der Waals surface area contributed by atoms with Crippen molar-refractivity contribution in [1.29, 1.82) is 0 Å². The molecule has 0 heterocycles. The summed E-state index contributed by atoms with van der Waals surface area (Å²) in [6.07, 6.45) is -0.516. The molecule has 0 saturated carbocycles. The van der Waals surface area contributed by atoms with E-state index in [-0.39, 0.29) is 0 Å². The maximum Gasteiger partial charge on any atom is 0.125 e. The fourth-order valence-electron chi connectivity index (χ4n) is 1.64. The quantitative estimate of drug-likeness (QED) is 0.758. The largest absolute Gasteiger partial charge is 0.491 e. The van der Waals surface area contributed by atoms with E-state index in [0.717, 1.165) is 23.5 Å². The highest BCUT2D eigenvalue weighted by molar-refractivity contribution is 5.38. The van der Waals surface area contributed by atoms with Gasteiger partial charge in [0.2, 0.25) is 0 Å². The smallest absolute Gasteiger partial charge is 0.125 e. The molecule has 18 heavy (non-hydrogen) atoms. The first-order chi connectivity index (χ1) is 8.50. The van der Waals surface area contributed by atoms with Gasteiger partial charge in [0.05, 0.1) is 12.7 Å². The Labute approximate surface area is 110 Å². The van der Waals surface area contributed by atoms with Crippen LogP contribution in [0, 0.1) is 12.8 Å². The Kier molecular flexibility index (Phi) is 6.16. The Morgan fingerprint density at radius 2 is 1.89 bits per heavy atom. The van der Waals surface area contributed by atoms with Crippen molar-refractivity contribution in [3.05, 3.63) is 29.3 Å². The van der Waals surface area contributed by atoms with Crippen molar-refractivity contribution in [2.45, 2.75) is 33.8 Å². The third kappa shape index (κ3) is 5.07. The molecule has 1 unspecified atom stereocenters. The fourth-order valence-corrected chi connectivity index (χ4v) is 1.64. The van der Waals surface area contributed by atoms with Gasteiger partial charge in [0.15, 0.2) is 0 Å². The van der Waals surface area contributed by atoms with Gasteiger partial charge in [0.1, 0.15) is 12.4 Å². The molecule has 0 fully saturated rings. The van der Waals surface area contributed by atoms with Gasteiger partial charge < -0.3 is 14.6 Å². The number of aliphatic hydroxyl groups is 1. The van der Waals surface area contributed by atoms with Crippen LogP contribution >= 0.6 is 0 Å². The van der Waals surface area contributed by atoms with E-state index in [1.165, 1.54) is 0 Å². The van der Waals surface area contributed by atoms with Crippen molar-refractivity contribution < 1.29 is 14.6 Å². The molecular formula is C15H24O3. The number of benzene rings is 1. The number of ether oxygens (including phenoxy) is 2. The van der Waals surface area contributed by atoms with Gasteiger partial charge >= 0.3 is 0 Å². The summed E-state index contributed by atoms with van der Waals surface area (Å²) in [4.78, 5) is 0. The SMILES string of the molecule is Cc1ccc(C(C)O)c(OCCOCC(C)C)c1. The van der Waals surface area contributed by atoms with Crippen molar-refractivity contribution in [3.63, 3.8) is 0 Å². The summed E-state index contributed by atoms with van der Waals surface area (Å²) in [5, 5.41) is 9.66. The van der Waals surface area contributed by atoms with Crippen molar-refractivity contribution >= 4 is 0 Å². The maximum absolute atomic E-state index is 9.66. The zero-order valence-corrected chi connectivity index (χ0v) is 11.8. The minimum atomic E-state index is -0.516. The topological polar surface area (TPSA) is 38.7 Å². The van der Waals surface area contributed by atoms with Gasteiger partial charge in [-0.2, -0.15) is 0 Å². The van der Waals surface area contributed by atoms with Crippen LogP contribution in [0.15, 0.2) is 18.2 Å². The van der Waals surface area contributed by atoms with Crippen LogP contribution < -0.4 is 4.74 Å². The lowest BCUT2D eigenvalue weighted by atomic mass is 10.1. The predicted molar refractivity (Wildman–Crippen MR) is 73.0 cm³/mol. The van der Waals surface area contributed by atoms with Gasteiger partial charge in [-0.1, -0.05) is 26.0 Å². The monoisotopic (exact) mass is 252 g/mol. The molecule has 0 radical (unpaired) electrons. The van der Waals surface area contributed by atoms with E-state index < -0.39 is 6.10 Å². The molecule has 1 N–H and O–H groups in total. The van der Waals surface area contributed by atoms with Crippen molar-refractivity contribution in [2.24, 2.45) is 5.92 Å². The number of aliphatic hydroxyl groups excluding tert-OH is 1. The minimum absolute atomic E-state index is 0.510. The molecule has 1 aromatic carbocycles. The maximum atomic E-state index is 9.66. The average Bonchev–Trinajstić information content (AvgIpc) is 2.27. The molecule has 102 valence electrons. The lowest BCUT2D eigenvalue weighted by Gasteiger charge is -2.14. The van der Waals surface area contributed by atoms with Crippen LogP contribution in [-0.2, 0) is 4.74 Å². The summed E-state index contributed by atoms with van der Waals surface area (Å²) < 4.78 is 11.1. The van der Waals surface area contributed by atoms with Gasteiger partial charge in [-0.15, -0.1) is 0 Å². The molecule has 0 aliphatic rings. The molecule has 3 heteroatoms. The third-order valence-electron chi connectivity index (χ3n) is 2.56. The van der Waals surface area contributed by atoms with E-state index in [2.05, 4.69) is 13.8 Å². The van der Waals surface area contributed by atoms with Crippen LogP contribution in [0.1, 0.15) is 38.0 Å². The Morgan fingerprint density at radius 1 is 1.17 bits per heavy atom. The zero-order chi connectivity index (χ0) is 13.5. The highest BCUT2D eigenvalue weighted by Crippen LogP contribution is 2.26.